The summed E-state index contributed by atoms with van der Waals surface area (Å²) in [4.78, 5) is 31.7. The fraction of sp³-hybridized carbons (Fsp3) is 0.538. The van der Waals surface area contributed by atoms with Crippen LogP contribution in [0.3, 0.4) is 0 Å². The average molecular weight is 977 g/mol. The van der Waals surface area contributed by atoms with Crippen LogP contribution in [0.15, 0.2) is 54.7 Å². The number of ether oxygens (including phenoxy) is 4. The van der Waals surface area contributed by atoms with Crippen LogP contribution in [0.1, 0.15) is 81.9 Å². The summed E-state index contributed by atoms with van der Waals surface area (Å²) in [5.74, 6) is 2.19. The quantitative estimate of drug-likeness (QED) is 0.0503. The van der Waals surface area contributed by atoms with Crippen molar-refractivity contribution in [2.24, 2.45) is 0 Å². The van der Waals surface area contributed by atoms with E-state index >= 15 is 0 Å². The van der Waals surface area contributed by atoms with Gasteiger partial charge in [0.05, 0.1) is 51.3 Å². The van der Waals surface area contributed by atoms with Gasteiger partial charge < -0.3 is 55.3 Å². The fourth-order valence-corrected chi connectivity index (χ4v) is 9.54. The standard InChI is InChI=1S/C52H72N12O7/c1-31(2)63-50-43(32(3)61-63)46(44(51(67)62(8)9)45(58-50)33-12-10-14-39(22-33)70-29-37(65)26-53-6)56-36-18-21-69-41(24-36)25-52(4,5)64-49-42(28-55-64)48(57-35-16-19-68-20-17-35)59-47(60-49)34-13-11-15-40(23-34)71-30-38(66)27-54-7/h10-15,22-23,28,31,35-38,41,53-54,65-66H,16-21,24-27,29-30H2,1-9H3,(H,56,58)(H,57,59,60). The first-order valence-electron chi connectivity index (χ1n) is 24.9. The molecule has 4 aromatic heterocycles. The molecule has 0 aliphatic carbocycles. The number of likely N-dealkylation sites (N-methyl/N-ethyl adjacent to an activating group) is 2. The Morgan fingerprint density at radius 1 is 0.873 bits per heavy atom. The van der Waals surface area contributed by atoms with Crippen LogP contribution in [0.25, 0.3) is 44.7 Å². The van der Waals surface area contributed by atoms with E-state index in [9.17, 15) is 15.0 Å². The van der Waals surface area contributed by atoms with Gasteiger partial charge in [-0.25, -0.2) is 24.3 Å². The number of carbonyl (C=O) groups excluding carboxylic acids is 1. The molecule has 382 valence electrons. The molecule has 19 nitrogen and oxygen atoms in total. The van der Waals surface area contributed by atoms with E-state index in [2.05, 4.69) is 49.0 Å². The lowest BCUT2D eigenvalue weighted by molar-refractivity contribution is -0.0131. The monoisotopic (exact) mass is 977 g/mol. The highest BCUT2D eigenvalue weighted by Crippen LogP contribution is 2.40. The average Bonchev–Trinajstić information content (AvgIpc) is 3.95. The number of benzene rings is 2. The van der Waals surface area contributed by atoms with E-state index in [1.807, 2.05) is 71.0 Å². The Hall–Kier alpha value is -5.96. The number of aliphatic hydroxyl groups excluding tert-OH is 2. The highest BCUT2D eigenvalue weighted by atomic mass is 16.5. The Kier molecular flexibility index (Phi) is 16.4. The zero-order valence-corrected chi connectivity index (χ0v) is 42.7. The van der Waals surface area contributed by atoms with Gasteiger partial charge in [-0.05, 0) is 105 Å². The molecule has 2 fully saturated rings. The maximum absolute atomic E-state index is 14.6. The molecular weight excluding hydrogens is 905 g/mol. The smallest absolute Gasteiger partial charge is 0.257 e. The second-order valence-corrected chi connectivity index (χ2v) is 19.9. The first-order valence-corrected chi connectivity index (χ1v) is 24.9. The highest BCUT2D eigenvalue weighted by molar-refractivity contribution is 6.12. The molecule has 0 radical (unpaired) electrons. The number of nitrogens with one attached hydrogen (secondary N) is 4. The van der Waals surface area contributed by atoms with Crippen molar-refractivity contribution in [3.63, 3.8) is 0 Å². The van der Waals surface area contributed by atoms with Gasteiger partial charge in [0.2, 0.25) is 0 Å². The Balaban J connectivity index is 1.12. The van der Waals surface area contributed by atoms with Gasteiger partial charge in [0, 0.05) is 76.3 Å². The molecule has 0 saturated carbocycles. The number of aromatic nitrogens is 7. The SMILES string of the molecule is CNCC(O)COc1cccc(-c2nc(NC3CCOCC3)c3cnn(C(C)(C)CC4CC(Nc5c(C(=O)N(C)C)c(-c6cccc(OCC(O)CNC)c6)nc6c5c(C)nn6C(C)C)CCO4)c3n2)c1. The molecule has 6 N–H and O–H groups in total. The van der Waals surface area contributed by atoms with Crippen LogP contribution in [-0.2, 0) is 15.0 Å². The molecule has 4 atom stereocenters. The highest BCUT2D eigenvalue weighted by Gasteiger charge is 2.35. The molecule has 8 rings (SSSR count). The molecule has 2 aliphatic rings. The molecule has 0 spiro atoms. The van der Waals surface area contributed by atoms with Crippen LogP contribution in [-0.4, -0.2) is 160 Å². The first-order chi connectivity index (χ1) is 34.1. The lowest BCUT2D eigenvalue weighted by Crippen LogP contribution is -2.40. The zero-order chi connectivity index (χ0) is 50.4. The predicted molar refractivity (Wildman–Crippen MR) is 276 cm³/mol. The Morgan fingerprint density at radius 3 is 2.17 bits per heavy atom. The van der Waals surface area contributed by atoms with Gasteiger partial charge in [-0.15, -0.1) is 0 Å². The summed E-state index contributed by atoms with van der Waals surface area (Å²) in [5, 5.41) is 45.9. The van der Waals surface area contributed by atoms with Crippen molar-refractivity contribution in [3.05, 3.63) is 66.0 Å². The van der Waals surface area contributed by atoms with Crippen molar-refractivity contribution < 1.29 is 34.0 Å². The minimum atomic E-state index is -0.694. The van der Waals surface area contributed by atoms with Gasteiger partial charge in [-0.3, -0.25) is 4.79 Å². The summed E-state index contributed by atoms with van der Waals surface area (Å²) >= 11 is 0. The molecular formula is C52H72N12O7. The number of anilines is 2. The molecule has 2 saturated heterocycles. The largest absolute Gasteiger partial charge is 0.491 e. The second kappa shape index (κ2) is 22.6. The molecule has 6 aromatic rings. The number of hydrogen-bond donors (Lipinski definition) is 6. The number of hydrogen-bond acceptors (Lipinski definition) is 16. The van der Waals surface area contributed by atoms with Crippen LogP contribution in [0, 0.1) is 6.92 Å². The van der Waals surface area contributed by atoms with E-state index in [-0.39, 0.29) is 43.4 Å². The zero-order valence-electron chi connectivity index (χ0n) is 42.7. The molecule has 2 aromatic carbocycles. The molecule has 2 aliphatic heterocycles. The number of nitrogens with zero attached hydrogens (tertiary/aromatic N) is 8. The first kappa shape index (κ1) is 51.4. The van der Waals surface area contributed by atoms with Gasteiger partial charge in [-0.2, -0.15) is 10.2 Å². The van der Waals surface area contributed by atoms with Crippen molar-refractivity contribution >= 4 is 39.5 Å². The minimum Gasteiger partial charge on any atom is -0.491 e. The number of amides is 1. The predicted octanol–water partition coefficient (Wildman–Crippen LogP) is 5.79. The Labute approximate surface area is 416 Å². The molecule has 6 heterocycles. The van der Waals surface area contributed by atoms with Crippen LogP contribution in [0.4, 0.5) is 11.5 Å². The fourth-order valence-electron chi connectivity index (χ4n) is 9.54. The van der Waals surface area contributed by atoms with Gasteiger partial charge in [0.1, 0.15) is 42.7 Å². The van der Waals surface area contributed by atoms with Crippen LogP contribution < -0.4 is 30.7 Å². The van der Waals surface area contributed by atoms with E-state index in [0.717, 1.165) is 34.9 Å². The third kappa shape index (κ3) is 11.9. The summed E-state index contributed by atoms with van der Waals surface area (Å²) in [6.45, 7) is 13.3. The van der Waals surface area contributed by atoms with Crippen LogP contribution in [0.2, 0.25) is 0 Å². The van der Waals surface area contributed by atoms with Gasteiger partial charge in [0.25, 0.3) is 5.91 Å². The third-order valence-corrected chi connectivity index (χ3v) is 13.1. The van der Waals surface area contributed by atoms with Crippen molar-refractivity contribution in [2.45, 2.75) is 109 Å². The number of rotatable bonds is 21. The van der Waals surface area contributed by atoms with Crippen LogP contribution >= 0.6 is 0 Å². The van der Waals surface area contributed by atoms with E-state index in [0.29, 0.717) is 109 Å². The summed E-state index contributed by atoms with van der Waals surface area (Å²) in [7, 11) is 7.07. The van der Waals surface area contributed by atoms with Crippen molar-refractivity contribution in [1.82, 2.24) is 50.0 Å². The summed E-state index contributed by atoms with van der Waals surface area (Å²) in [5.41, 5.74) is 4.66. The lowest BCUT2D eigenvalue weighted by Gasteiger charge is -2.36. The van der Waals surface area contributed by atoms with Crippen molar-refractivity contribution in [3.8, 4) is 34.1 Å². The van der Waals surface area contributed by atoms with E-state index in [4.69, 9.17) is 44.1 Å². The maximum atomic E-state index is 14.6. The summed E-state index contributed by atoms with van der Waals surface area (Å²) < 4.78 is 28.2. The summed E-state index contributed by atoms with van der Waals surface area (Å²) in [6.07, 6.45) is 4.01. The topological polar surface area (TPSA) is 220 Å². The van der Waals surface area contributed by atoms with Crippen molar-refractivity contribution in [1.29, 1.82) is 0 Å². The molecule has 0 bridgehead atoms. The second-order valence-electron chi connectivity index (χ2n) is 19.9. The summed E-state index contributed by atoms with van der Waals surface area (Å²) in [6, 6.07) is 15.2. The molecule has 4 unspecified atom stereocenters. The van der Waals surface area contributed by atoms with Crippen LogP contribution in [0.5, 0.6) is 11.5 Å². The number of aryl methyl sites for hydroxylation is 1. The van der Waals surface area contributed by atoms with Gasteiger partial charge in [0.15, 0.2) is 17.1 Å². The van der Waals surface area contributed by atoms with E-state index < -0.39 is 17.7 Å². The molecule has 71 heavy (non-hydrogen) atoms. The molecule has 1 amide bonds. The number of aliphatic hydroxyl groups is 2. The maximum Gasteiger partial charge on any atom is 0.257 e. The normalized spacial score (nSPS) is 17.7. The van der Waals surface area contributed by atoms with Gasteiger partial charge in [-0.1, -0.05) is 24.3 Å². The Bertz CT molecular complexity index is 2770. The van der Waals surface area contributed by atoms with Crippen molar-refractivity contribution in [2.75, 3.05) is 84.9 Å². The number of carbonyl (C=O) groups is 1. The lowest BCUT2D eigenvalue weighted by atomic mass is 9.90. The molecule has 19 heteroatoms. The Morgan fingerprint density at radius 2 is 1.52 bits per heavy atom. The third-order valence-electron chi connectivity index (χ3n) is 13.1. The minimum absolute atomic E-state index is 0.00581. The number of fused-ring (bicyclic) bond motifs is 2. The number of pyridine rings is 1. The van der Waals surface area contributed by atoms with Gasteiger partial charge >= 0.3 is 0 Å². The van der Waals surface area contributed by atoms with E-state index in [1.54, 1.807) is 33.1 Å². The van der Waals surface area contributed by atoms with E-state index in [1.165, 1.54) is 0 Å².